The molecule has 0 heterocycles. The Labute approximate surface area is 51.0 Å². The van der Waals surface area contributed by atoms with Crippen molar-refractivity contribution in [2.75, 3.05) is 6.67 Å². The first-order valence-corrected chi connectivity index (χ1v) is 2.70. The van der Waals surface area contributed by atoms with Gasteiger partial charge in [-0.15, -0.1) is 0 Å². The highest BCUT2D eigenvalue weighted by molar-refractivity contribution is 5.03. The van der Waals surface area contributed by atoms with Crippen molar-refractivity contribution in [1.82, 2.24) is 0 Å². The summed E-state index contributed by atoms with van der Waals surface area (Å²) in [5.74, 6) is -2.71. The predicted molar refractivity (Wildman–Crippen MR) is 27.1 cm³/mol. The van der Waals surface area contributed by atoms with Crippen molar-refractivity contribution in [2.45, 2.75) is 24.3 Å². The molecule has 1 nitrogen and oxygen atoms in total. The molecular weight excluding hydrogens is 131 g/mol. The van der Waals surface area contributed by atoms with Crippen molar-refractivity contribution in [3.8, 4) is 0 Å². The molecule has 4 heteroatoms. The van der Waals surface area contributed by atoms with Crippen molar-refractivity contribution in [3.63, 3.8) is 0 Å². The molecule has 0 aromatic heterocycles. The lowest BCUT2D eigenvalue weighted by molar-refractivity contribution is -0.127. The molecule has 2 N–H and O–H groups in total. The van der Waals surface area contributed by atoms with Gasteiger partial charge in [-0.05, 0) is 0 Å². The van der Waals surface area contributed by atoms with Gasteiger partial charge in [0.25, 0.3) is 5.92 Å². The smallest absolute Gasteiger partial charge is 0.251 e. The predicted octanol–water partition coefficient (Wildman–Crippen LogP) is 1.08. The number of rotatable bonds is 1. The molecule has 0 atom stereocenters. The van der Waals surface area contributed by atoms with Gasteiger partial charge in [-0.2, -0.15) is 0 Å². The highest BCUT2D eigenvalue weighted by atomic mass is 19.3. The minimum Gasteiger partial charge on any atom is -0.323 e. The standard InChI is InChI=1S/C5H8F3N/c6-3-4(9)1-5(7,8)2-4/h1-3,9H2. The lowest BCUT2D eigenvalue weighted by Gasteiger charge is -2.42. The normalized spacial score (nSPS) is 29.3. The summed E-state index contributed by atoms with van der Waals surface area (Å²) in [5.41, 5.74) is 3.90. The van der Waals surface area contributed by atoms with Crippen molar-refractivity contribution >= 4 is 0 Å². The molecule has 0 aromatic carbocycles. The number of halogens is 3. The average Bonchev–Trinajstić information content (AvgIpc) is 1.61. The van der Waals surface area contributed by atoms with E-state index in [4.69, 9.17) is 5.73 Å². The fraction of sp³-hybridized carbons (Fsp3) is 1.00. The van der Waals surface area contributed by atoms with Crippen molar-refractivity contribution in [3.05, 3.63) is 0 Å². The van der Waals surface area contributed by atoms with Gasteiger partial charge in [0, 0.05) is 12.8 Å². The molecule has 1 aliphatic rings. The molecule has 0 radical (unpaired) electrons. The first-order valence-electron chi connectivity index (χ1n) is 2.70. The van der Waals surface area contributed by atoms with E-state index in [2.05, 4.69) is 0 Å². The lowest BCUT2D eigenvalue weighted by Crippen LogP contribution is -2.59. The molecule has 1 rings (SSSR count). The van der Waals surface area contributed by atoms with Crippen LogP contribution >= 0.6 is 0 Å². The lowest BCUT2D eigenvalue weighted by atomic mass is 9.75. The summed E-state index contributed by atoms with van der Waals surface area (Å²) in [4.78, 5) is 0. The second-order valence-electron chi connectivity index (χ2n) is 2.71. The zero-order chi connectivity index (χ0) is 7.12. The van der Waals surface area contributed by atoms with Crippen LogP contribution in [0.15, 0.2) is 0 Å². The molecular formula is C5H8F3N. The summed E-state index contributed by atoms with van der Waals surface area (Å²) in [7, 11) is 0. The second kappa shape index (κ2) is 1.62. The van der Waals surface area contributed by atoms with Crippen LogP contribution in [0.3, 0.4) is 0 Å². The fourth-order valence-corrected chi connectivity index (χ4v) is 1.07. The van der Waals surface area contributed by atoms with Crippen LogP contribution in [0.25, 0.3) is 0 Å². The summed E-state index contributed by atoms with van der Waals surface area (Å²) in [5, 5.41) is 0. The van der Waals surface area contributed by atoms with Crippen LogP contribution in [0, 0.1) is 0 Å². The summed E-state index contributed by atoms with van der Waals surface area (Å²) in [6.07, 6.45) is -1.01. The van der Waals surface area contributed by atoms with E-state index in [9.17, 15) is 13.2 Å². The first-order chi connectivity index (χ1) is 3.97. The first kappa shape index (κ1) is 6.86. The van der Waals surface area contributed by atoms with E-state index >= 15 is 0 Å². The van der Waals surface area contributed by atoms with Crippen molar-refractivity contribution in [1.29, 1.82) is 0 Å². The van der Waals surface area contributed by atoms with Crippen LogP contribution in [0.5, 0.6) is 0 Å². The molecule has 54 valence electrons. The molecule has 0 spiro atoms. The van der Waals surface area contributed by atoms with E-state index in [1.165, 1.54) is 0 Å². The molecule has 9 heavy (non-hydrogen) atoms. The number of hydrogen-bond donors (Lipinski definition) is 1. The summed E-state index contributed by atoms with van der Waals surface area (Å²) in [6, 6.07) is 0. The van der Waals surface area contributed by atoms with Crippen LogP contribution in [0.1, 0.15) is 12.8 Å². The van der Waals surface area contributed by atoms with Crippen LogP contribution in [0.4, 0.5) is 13.2 Å². The van der Waals surface area contributed by atoms with E-state index in [0.29, 0.717) is 0 Å². The Kier molecular flexibility index (Phi) is 1.24. The molecule has 0 aromatic rings. The third-order valence-electron chi connectivity index (χ3n) is 1.49. The zero-order valence-electron chi connectivity index (χ0n) is 4.83. The number of hydrogen-bond acceptors (Lipinski definition) is 1. The molecule has 1 fully saturated rings. The minimum absolute atomic E-state index is 0.503. The molecule has 1 saturated carbocycles. The Hall–Kier alpha value is -0.250. The van der Waals surface area contributed by atoms with Gasteiger partial charge in [0.05, 0.1) is 5.54 Å². The zero-order valence-corrected chi connectivity index (χ0v) is 4.83. The molecule has 0 amide bonds. The van der Waals surface area contributed by atoms with Gasteiger partial charge in [-0.3, -0.25) is 0 Å². The maximum absolute atomic E-state index is 12.0. The molecule has 0 saturated heterocycles. The Bertz CT molecular complexity index is 115. The van der Waals surface area contributed by atoms with Crippen LogP contribution in [-0.2, 0) is 0 Å². The topological polar surface area (TPSA) is 26.0 Å². The fourth-order valence-electron chi connectivity index (χ4n) is 1.07. The van der Waals surface area contributed by atoms with Gasteiger partial charge in [-0.1, -0.05) is 0 Å². The van der Waals surface area contributed by atoms with Crippen molar-refractivity contribution < 1.29 is 13.2 Å². The summed E-state index contributed by atoms with van der Waals surface area (Å²) in [6.45, 7) is -0.845. The Morgan fingerprint density at radius 2 is 1.78 bits per heavy atom. The quantitative estimate of drug-likeness (QED) is 0.578. The summed E-state index contributed by atoms with van der Waals surface area (Å²) >= 11 is 0. The molecule has 0 bridgehead atoms. The third-order valence-corrected chi connectivity index (χ3v) is 1.49. The molecule has 0 unspecified atom stereocenters. The number of nitrogens with two attached hydrogens (primary N) is 1. The third kappa shape index (κ3) is 1.18. The Morgan fingerprint density at radius 1 is 1.33 bits per heavy atom. The molecule has 1 aliphatic carbocycles. The SMILES string of the molecule is NC1(CF)CC(F)(F)C1. The monoisotopic (exact) mass is 139 g/mol. The van der Waals surface area contributed by atoms with E-state index in [-0.39, 0.29) is 0 Å². The Morgan fingerprint density at radius 3 is 1.89 bits per heavy atom. The highest BCUT2D eigenvalue weighted by Gasteiger charge is 2.54. The van der Waals surface area contributed by atoms with Gasteiger partial charge >= 0.3 is 0 Å². The van der Waals surface area contributed by atoms with Gasteiger partial charge in [0.2, 0.25) is 0 Å². The van der Waals surface area contributed by atoms with Gasteiger partial charge < -0.3 is 5.73 Å². The van der Waals surface area contributed by atoms with Gasteiger partial charge in [-0.25, -0.2) is 13.2 Å². The van der Waals surface area contributed by atoms with Gasteiger partial charge in [0.15, 0.2) is 0 Å². The minimum atomic E-state index is -2.71. The Balaban J connectivity index is 2.41. The molecule has 0 aliphatic heterocycles. The maximum atomic E-state index is 12.0. The van der Waals surface area contributed by atoms with E-state index in [1.807, 2.05) is 0 Å². The average molecular weight is 139 g/mol. The second-order valence-corrected chi connectivity index (χ2v) is 2.71. The largest absolute Gasteiger partial charge is 0.323 e. The number of alkyl halides is 3. The van der Waals surface area contributed by atoms with E-state index in [0.717, 1.165) is 0 Å². The summed E-state index contributed by atoms with van der Waals surface area (Å²) < 4.78 is 35.7. The maximum Gasteiger partial charge on any atom is 0.251 e. The van der Waals surface area contributed by atoms with E-state index in [1.54, 1.807) is 0 Å². The van der Waals surface area contributed by atoms with Crippen LogP contribution in [-0.4, -0.2) is 18.1 Å². The van der Waals surface area contributed by atoms with Crippen LogP contribution < -0.4 is 5.73 Å². The van der Waals surface area contributed by atoms with Crippen molar-refractivity contribution in [2.24, 2.45) is 5.73 Å². The van der Waals surface area contributed by atoms with E-state index < -0.39 is 31.0 Å². The van der Waals surface area contributed by atoms with Gasteiger partial charge in [0.1, 0.15) is 6.67 Å². The highest BCUT2D eigenvalue weighted by Crippen LogP contribution is 2.43. The van der Waals surface area contributed by atoms with Crippen LogP contribution in [0.2, 0.25) is 0 Å².